The van der Waals surface area contributed by atoms with E-state index in [2.05, 4.69) is 19.7 Å². The van der Waals surface area contributed by atoms with Crippen molar-refractivity contribution in [2.24, 2.45) is 3.77 Å². The highest BCUT2D eigenvalue weighted by molar-refractivity contribution is 9.09. The van der Waals surface area contributed by atoms with E-state index in [0.29, 0.717) is 48.7 Å². The molecule has 1 atom stereocenters. The maximum atomic E-state index is 14.5. The zero-order valence-corrected chi connectivity index (χ0v) is 21.0. The second-order valence-electron chi connectivity index (χ2n) is 7.97. The molecule has 1 aliphatic heterocycles. The van der Waals surface area contributed by atoms with Crippen LogP contribution in [-0.2, 0) is 29.2 Å². The van der Waals surface area contributed by atoms with Gasteiger partial charge >= 0.3 is 0 Å². The van der Waals surface area contributed by atoms with E-state index in [9.17, 15) is 12.6 Å². The maximum absolute atomic E-state index is 14.5. The number of alkyl halides is 1. The Morgan fingerprint density at radius 2 is 1.53 bits per heavy atom. The molecule has 2 aromatic carbocycles. The van der Waals surface area contributed by atoms with Crippen molar-refractivity contribution in [1.29, 1.82) is 0 Å². The van der Waals surface area contributed by atoms with E-state index >= 15 is 0 Å². The van der Waals surface area contributed by atoms with Gasteiger partial charge in [0, 0.05) is 23.1 Å². The van der Waals surface area contributed by atoms with E-state index in [-0.39, 0.29) is 10.2 Å². The van der Waals surface area contributed by atoms with Crippen LogP contribution < -0.4 is 0 Å². The Labute approximate surface area is 198 Å². The van der Waals surface area contributed by atoms with Gasteiger partial charge in [0.05, 0.1) is 23.0 Å². The van der Waals surface area contributed by atoms with Crippen molar-refractivity contribution in [3.8, 4) is 0 Å². The number of hydrogen-bond donors (Lipinski definition) is 0. The molecular formula is C23H26BrNO5S2. The van der Waals surface area contributed by atoms with Crippen LogP contribution in [0.3, 0.4) is 0 Å². The van der Waals surface area contributed by atoms with Crippen molar-refractivity contribution < 1.29 is 22.1 Å². The topological polar surface area (TPSA) is 82.0 Å². The van der Waals surface area contributed by atoms with Gasteiger partial charge in [-0.1, -0.05) is 61.2 Å². The van der Waals surface area contributed by atoms with Crippen molar-refractivity contribution in [1.82, 2.24) is 0 Å². The number of allylic oxidation sites excluding steroid dienone is 2. The average Bonchev–Trinajstić information content (AvgIpc) is 3.24. The Balaban J connectivity index is 1.84. The van der Waals surface area contributed by atoms with Gasteiger partial charge in [0.15, 0.2) is 5.79 Å². The molecule has 0 amide bonds. The van der Waals surface area contributed by atoms with E-state index in [0.717, 1.165) is 11.1 Å². The molecule has 9 heteroatoms. The van der Waals surface area contributed by atoms with Crippen LogP contribution in [0.2, 0.25) is 0 Å². The van der Waals surface area contributed by atoms with Crippen LogP contribution in [-0.4, -0.2) is 37.0 Å². The van der Waals surface area contributed by atoms with E-state index in [1.165, 1.54) is 12.1 Å². The number of halogens is 1. The van der Waals surface area contributed by atoms with Gasteiger partial charge < -0.3 is 9.47 Å². The van der Waals surface area contributed by atoms with E-state index in [1.54, 1.807) is 42.5 Å². The molecule has 1 saturated carbocycles. The number of aryl methyl sites for hydroxylation is 1. The number of benzene rings is 2. The van der Waals surface area contributed by atoms with Crippen LogP contribution in [0.1, 0.15) is 31.2 Å². The minimum absolute atomic E-state index is 0.0287. The fourth-order valence-corrected chi connectivity index (χ4v) is 9.60. The molecule has 1 heterocycles. The fourth-order valence-electron chi connectivity index (χ4n) is 4.09. The largest absolute Gasteiger partial charge is 0.348 e. The molecule has 0 radical (unpaired) electrons. The summed E-state index contributed by atoms with van der Waals surface area (Å²) in [4.78, 5) is 0.930. The molecule has 2 aliphatic rings. The van der Waals surface area contributed by atoms with Gasteiger partial charge in [0.1, 0.15) is 9.73 Å². The Bertz CT molecular complexity index is 1210. The molecular weight excluding hydrogens is 514 g/mol. The summed E-state index contributed by atoms with van der Waals surface area (Å²) in [6, 6.07) is 15.1. The normalized spacial score (nSPS) is 20.1. The maximum Gasteiger partial charge on any atom is 0.290 e. The Morgan fingerprint density at radius 3 is 2.09 bits per heavy atom. The third-order valence-corrected chi connectivity index (χ3v) is 11.3. The first-order valence-electron chi connectivity index (χ1n) is 10.5. The van der Waals surface area contributed by atoms with Crippen LogP contribution in [0, 0.1) is 6.92 Å². The lowest BCUT2D eigenvalue weighted by molar-refractivity contribution is -0.171. The lowest BCUT2D eigenvalue weighted by atomic mass is 9.89. The second kappa shape index (κ2) is 9.38. The summed E-state index contributed by atoms with van der Waals surface area (Å²) in [6.07, 6.45) is 2.53. The number of ether oxygens (including phenoxy) is 2. The van der Waals surface area contributed by atoms with Crippen LogP contribution in [0.4, 0.5) is 0 Å². The van der Waals surface area contributed by atoms with E-state index in [1.807, 2.05) is 6.92 Å². The monoisotopic (exact) mass is 539 g/mol. The SMILES string of the molecule is Cc1ccc(S(=O)(=O)N=S(=O)(C(CBr)=C2CCC3(CC2)OCCO3)c2ccccc2)cc1. The molecule has 1 unspecified atom stereocenters. The first-order chi connectivity index (χ1) is 15.3. The summed E-state index contributed by atoms with van der Waals surface area (Å²) in [6.45, 7) is 3.03. The number of nitrogens with zero attached hydrogens (tertiary/aromatic N) is 1. The minimum Gasteiger partial charge on any atom is -0.348 e. The molecule has 1 spiro atoms. The minimum atomic E-state index is -4.15. The summed E-state index contributed by atoms with van der Waals surface area (Å²) < 4.78 is 56.6. The molecule has 1 saturated heterocycles. The molecule has 0 aromatic heterocycles. The lowest BCUT2D eigenvalue weighted by Crippen LogP contribution is -2.33. The first kappa shape index (κ1) is 23.6. The predicted octanol–water partition coefficient (Wildman–Crippen LogP) is 5.18. The summed E-state index contributed by atoms with van der Waals surface area (Å²) >= 11 is 3.48. The molecule has 4 rings (SSSR count). The average molecular weight is 541 g/mol. The van der Waals surface area contributed by atoms with Gasteiger partial charge in [0.2, 0.25) is 0 Å². The third kappa shape index (κ3) is 4.72. The Morgan fingerprint density at radius 1 is 0.938 bits per heavy atom. The number of rotatable bonds is 5. The highest BCUT2D eigenvalue weighted by atomic mass is 79.9. The summed E-state index contributed by atoms with van der Waals surface area (Å²) in [5.41, 5.74) is 1.88. The fraction of sp³-hybridized carbons (Fsp3) is 0.391. The van der Waals surface area contributed by atoms with Crippen molar-refractivity contribution in [3.05, 3.63) is 70.6 Å². The van der Waals surface area contributed by atoms with Gasteiger partial charge in [-0.15, -0.1) is 0 Å². The van der Waals surface area contributed by atoms with Crippen LogP contribution >= 0.6 is 15.9 Å². The lowest BCUT2D eigenvalue weighted by Gasteiger charge is -2.33. The zero-order valence-electron chi connectivity index (χ0n) is 17.8. The van der Waals surface area contributed by atoms with Gasteiger partial charge in [-0.05, 0) is 44.0 Å². The standard InChI is InChI=1S/C23H26BrNO5S2/c1-18-7-9-21(10-8-18)32(27,28)25-31(26,20-5-3-2-4-6-20)22(17-24)19-11-13-23(14-12-19)29-15-16-30-23/h2-10H,11-17H2,1H3. The van der Waals surface area contributed by atoms with Gasteiger partial charge in [0.25, 0.3) is 10.0 Å². The molecule has 2 aromatic rings. The Hall–Kier alpha value is -1.52. The van der Waals surface area contributed by atoms with Crippen molar-refractivity contribution in [3.63, 3.8) is 0 Å². The van der Waals surface area contributed by atoms with Crippen LogP contribution in [0.15, 0.2) is 78.6 Å². The van der Waals surface area contributed by atoms with Crippen LogP contribution in [0.5, 0.6) is 0 Å². The predicted molar refractivity (Wildman–Crippen MR) is 128 cm³/mol. The Kier molecular flexibility index (Phi) is 6.93. The number of sulfonamides is 1. The molecule has 1 aliphatic carbocycles. The second-order valence-corrected chi connectivity index (χ2v) is 12.6. The first-order valence-corrected chi connectivity index (χ1v) is 14.6. The third-order valence-electron chi connectivity index (χ3n) is 5.86. The molecule has 172 valence electrons. The van der Waals surface area contributed by atoms with E-state index < -0.39 is 25.5 Å². The van der Waals surface area contributed by atoms with Crippen LogP contribution in [0.25, 0.3) is 0 Å². The summed E-state index contributed by atoms with van der Waals surface area (Å²) in [5.74, 6) is -0.570. The smallest absolute Gasteiger partial charge is 0.290 e. The van der Waals surface area contributed by atoms with Gasteiger partial charge in [-0.2, -0.15) is 8.42 Å². The highest BCUT2D eigenvalue weighted by Crippen LogP contribution is 2.41. The van der Waals surface area contributed by atoms with Crippen molar-refractivity contribution in [2.75, 3.05) is 18.5 Å². The molecule has 0 bridgehead atoms. The summed E-state index contributed by atoms with van der Waals surface area (Å²) in [7, 11) is -7.57. The molecule has 6 nitrogen and oxygen atoms in total. The van der Waals surface area contributed by atoms with Crippen molar-refractivity contribution >= 4 is 35.7 Å². The van der Waals surface area contributed by atoms with Gasteiger partial charge in [-0.3, -0.25) is 0 Å². The zero-order chi connectivity index (χ0) is 22.8. The molecule has 2 fully saturated rings. The molecule has 0 N–H and O–H groups in total. The molecule has 32 heavy (non-hydrogen) atoms. The number of hydrogen-bond acceptors (Lipinski definition) is 5. The summed E-state index contributed by atoms with van der Waals surface area (Å²) in [5, 5.41) is 0.262. The quantitative estimate of drug-likeness (QED) is 0.489. The highest BCUT2D eigenvalue weighted by Gasteiger charge is 2.40. The van der Waals surface area contributed by atoms with Crippen molar-refractivity contribution in [2.45, 2.75) is 48.2 Å². The van der Waals surface area contributed by atoms with Gasteiger partial charge in [-0.25, -0.2) is 4.21 Å². The van der Waals surface area contributed by atoms with E-state index in [4.69, 9.17) is 9.47 Å².